The van der Waals surface area contributed by atoms with E-state index < -0.39 is 0 Å². The predicted molar refractivity (Wildman–Crippen MR) is 111 cm³/mol. The molecule has 1 aromatic carbocycles. The molecule has 0 unspecified atom stereocenters. The monoisotopic (exact) mass is 414 g/mol. The Labute approximate surface area is 174 Å². The van der Waals surface area contributed by atoms with Crippen molar-refractivity contribution in [2.75, 3.05) is 20.2 Å². The number of nitrogens with zero attached hydrogens (tertiary/aromatic N) is 4. The van der Waals surface area contributed by atoms with Crippen LogP contribution >= 0.6 is 11.6 Å². The van der Waals surface area contributed by atoms with Crippen molar-refractivity contribution >= 4 is 28.5 Å². The van der Waals surface area contributed by atoms with E-state index >= 15 is 0 Å². The maximum atomic E-state index is 13.1. The van der Waals surface area contributed by atoms with E-state index in [1.165, 1.54) is 0 Å². The molecule has 2 atom stereocenters. The van der Waals surface area contributed by atoms with E-state index in [9.17, 15) is 4.79 Å². The molecule has 4 rings (SSSR count). The van der Waals surface area contributed by atoms with Gasteiger partial charge in [-0.05, 0) is 45.0 Å². The Hall–Kier alpha value is -2.64. The molecule has 0 spiro atoms. The molecule has 1 aliphatic rings. The maximum absolute atomic E-state index is 13.1. The molecular formula is C21H23ClN4O3. The normalized spacial score (nSPS) is 19.6. The summed E-state index contributed by atoms with van der Waals surface area (Å²) in [5.41, 5.74) is 2.55. The molecule has 0 N–H and O–H groups in total. The second kappa shape index (κ2) is 7.65. The molecule has 0 bridgehead atoms. The number of pyridine rings is 1. The van der Waals surface area contributed by atoms with Crippen LogP contribution < -0.4 is 4.74 Å². The Balaban J connectivity index is 1.74. The van der Waals surface area contributed by atoms with Crippen LogP contribution in [-0.2, 0) is 4.74 Å². The Bertz CT molecular complexity index is 1050. The van der Waals surface area contributed by atoms with Crippen molar-refractivity contribution < 1.29 is 14.3 Å². The SMILES string of the molecule is COc1ccc(-n2nc(C)c3c(Cl)c(C(=O)N4C[C@@H](C)O[C@@H](C)C4)cnc32)cc1. The van der Waals surface area contributed by atoms with Gasteiger partial charge in [0, 0.05) is 19.3 Å². The Morgan fingerprint density at radius 1 is 1.21 bits per heavy atom. The van der Waals surface area contributed by atoms with Gasteiger partial charge in [0.2, 0.25) is 0 Å². The fourth-order valence-electron chi connectivity index (χ4n) is 3.77. The van der Waals surface area contributed by atoms with Gasteiger partial charge in [-0.1, -0.05) is 11.6 Å². The van der Waals surface area contributed by atoms with E-state index in [2.05, 4.69) is 10.1 Å². The second-order valence-corrected chi connectivity index (χ2v) is 7.73. The van der Waals surface area contributed by atoms with Gasteiger partial charge in [-0.3, -0.25) is 4.79 Å². The molecule has 29 heavy (non-hydrogen) atoms. The number of ether oxygens (including phenoxy) is 2. The first-order valence-corrected chi connectivity index (χ1v) is 9.89. The molecule has 152 valence electrons. The fraction of sp³-hybridized carbons (Fsp3) is 0.381. The summed E-state index contributed by atoms with van der Waals surface area (Å²) in [6.07, 6.45) is 1.51. The first-order valence-electron chi connectivity index (χ1n) is 9.52. The molecule has 2 aromatic heterocycles. The van der Waals surface area contributed by atoms with Gasteiger partial charge in [-0.2, -0.15) is 5.10 Å². The highest BCUT2D eigenvalue weighted by Gasteiger charge is 2.29. The quantitative estimate of drug-likeness (QED) is 0.654. The van der Waals surface area contributed by atoms with E-state index in [-0.39, 0.29) is 18.1 Å². The fourth-order valence-corrected chi connectivity index (χ4v) is 4.13. The van der Waals surface area contributed by atoms with Crippen LogP contribution in [0, 0.1) is 6.92 Å². The summed E-state index contributed by atoms with van der Waals surface area (Å²) in [6, 6.07) is 7.52. The van der Waals surface area contributed by atoms with Crippen LogP contribution in [0.2, 0.25) is 5.02 Å². The number of hydrogen-bond acceptors (Lipinski definition) is 5. The topological polar surface area (TPSA) is 69.5 Å². The lowest BCUT2D eigenvalue weighted by molar-refractivity contribution is -0.0586. The molecule has 1 aliphatic heterocycles. The number of rotatable bonds is 3. The van der Waals surface area contributed by atoms with Crippen molar-refractivity contribution in [1.29, 1.82) is 0 Å². The molecular weight excluding hydrogens is 392 g/mol. The molecule has 1 amide bonds. The number of methoxy groups -OCH3 is 1. The lowest BCUT2D eigenvalue weighted by Gasteiger charge is -2.35. The molecule has 0 saturated carbocycles. The molecule has 7 nitrogen and oxygen atoms in total. The number of carbonyl (C=O) groups is 1. The summed E-state index contributed by atoms with van der Waals surface area (Å²) in [7, 11) is 1.62. The summed E-state index contributed by atoms with van der Waals surface area (Å²) < 4.78 is 12.7. The third-order valence-electron chi connectivity index (χ3n) is 5.06. The second-order valence-electron chi connectivity index (χ2n) is 7.35. The van der Waals surface area contributed by atoms with Crippen LogP contribution in [0.1, 0.15) is 29.9 Å². The summed E-state index contributed by atoms with van der Waals surface area (Å²) >= 11 is 6.69. The van der Waals surface area contributed by atoms with Gasteiger partial charge in [0.1, 0.15) is 5.75 Å². The molecule has 1 saturated heterocycles. The molecule has 3 aromatic rings. The molecule has 1 fully saturated rings. The Morgan fingerprint density at radius 3 is 2.48 bits per heavy atom. The van der Waals surface area contributed by atoms with E-state index in [4.69, 9.17) is 21.1 Å². The van der Waals surface area contributed by atoms with Crippen LogP contribution in [0.3, 0.4) is 0 Å². The smallest absolute Gasteiger partial charge is 0.257 e. The van der Waals surface area contributed by atoms with Crippen LogP contribution in [-0.4, -0.2) is 58.0 Å². The largest absolute Gasteiger partial charge is 0.497 e. The van der Waals surface area contributed by atoms with Gasteiger partial charge in [0.15, 0.2) is 5.65 Å². The zero-order chi connectivity index (χ0) is 20.7. The van der Waals surface area contributed by atoms with Crippen molar-refractivity contribution in [3.05, 3.63) is 46.7 Å². The number of morpholine rings is 1. The molecule has 0 aliphatic carbocycles. The van der Waals surface area contributed by atoms with Gasteiger partial charge in [-0.15, -0.1) is 0 Å². The van der Waals surface area contributed by atoms with Gasteiger partial charge >= 0.3 is 0 Å². The first-order chi connectivity index (χ1) is 13.9. The third-order valence-corrected chi connectivity index (χ3v) is 5.45. The number of aromatic nitrogens is 3. The van der Waals surface area contributed by atoms with Gasteiger partial charge in [0.05, 0.1) is 46.7 Å². The first kappa shape index (κ1) is 19.7. The van der Waals surface area contributed by atoms with Crippen LogP contribution in [0.15, 0.2) is 30.5 Å². The van der Waals surface area contributed by atoms with Gasteiger partial charge in [-0.25, -0.2) is 9.67 Å². The number of amides is 1. The minimum atomic E-state index is -0.136. The predicted octanol–water partition coefficient (Wildman–Crippen LogP) is 3.64. The Morgan fingerprint density at radius 2 is 1.86 bits per heavy atom. The van der Waals surface area contributed by atoms with Gasteiger partial charge in [0.25, 0.3) is 5.91 Å². The Kier molecular flexibility index (Phi) is 5.19. The van der Waals surface area contributed by atoms with Crippen LogP contribution in [0.25, 0.3) is 16.7 Å². The number of halogens is 1. The molecule has 0 radical (unpaired) electrons. The molecule has 3 heterocycles. The summed E-state index contributed by atoms with van der Waals surface area (Å²) in [4.78, 5) is 19.4. The average Bonchev–Trinajstić information content (AvgIpc) is 3.04. The van der Waals surface area contributed by atoms with E-state index in [1.54, 1.807) is 22.9 Å². The highest BCUT2D eigenvalue weighted by Crippen LogP contribution is 2.31. The maximum Gasteiger partial charge on any atom is 0.257 e. The van der Waals surface area contributed by atoms with Crippen molar-refractivity contribution in [2.45, 2.75) is 33.0 Å². The average molecular weight is 415 g/mol. The lowest BCUT2D eigenvalue weighted by atomic mass is 10.1. The highest BCUT2D eigenvalue weighted by atomic mass is 35.5. The minimum absolute atomic E-state index is 0.0160. The van der Waals surface area contributed by atoms with Crippen molar-refractivity contribution in [3.8, 4) is 11.4 Å². The number of carbonyl (C=O) groups excluding carboxylic acids is 1. The highest BCUT2D eigenvalue weighted by molar-refractivity contribution is 6.38. The van der Waals surface area contributed by atoms with Crippen molar-refractivity contribution in [3.63, 3.8) is 0 Å². The summed E-state index contributed by atoms with van der Waals surface area (Å²) in [6.45, 7) is 6.84. The lowest BCUT2D eigenvalue weighted by Crippen LogP contribution is -2.48. The third kappa shape index (κ3) is 3.56. The zero-order valence-corrected chi connectivity index (χ0v) is 17.6. The number of aryl methyl sites for hydroxylation is 1. The number of benzene rings is 1. The van der Waals surface area contributed by atoms with E-state index in [0.717, 1.165) is 11.4 Å². The van der Waals surface area contributed by atoms with Crippen LogP contribution in [0.5, 0.6) is 5.75 Å². The summed E-state index contributed by atoms with van der Waals surface area (Å²) in [5, 5.41) is 5.66. The number of fused-ring (bicyclic) bond motifs is 1. The zero-order valence-electron chi connectivity index (χ0n) is 16.8. The van der Waals surface area contributed by atoms with E-state index in [0.29, 0.717) is 40.4 Å². The number of hydrogen-bond donors (Lipinski definition) is 0. The van der Waals surface area contributed by atoms with Crippen molar-refractivity contribution in [2.24, 2.45) is 0 Å². The minimum Gasteiger partial charge on any atom is -0.497 e. The van der Waals surface area contributed by atoms with Crippen LogP contribution in [0.4, 0.5) is 0 Å². The standard InChI is InChI=1S/C21H23ClN4O3/c1-12-10-25(11-13(2)29-12)21(27)17-9-23-20-18(19(17)22)14(3)24-26(20)15-5-7-16(28-4)8-6-15/h5-9,12-13H,10-11H2,1-4H3/t12-,13+. The van der Waals surface area contributed by atoms with Gasteiger partial charge < -0.3 is 14.4 Å². The van der Waals surface area contributed by atoms with Crippen molar-refractivity contribution in [1.82, 2.24) is 19.7 Å². The molecule has 8 heteroatoms. The summed E-state index contributed by atoms with van der Waals surface area (Å²) in [5.74, 6) is 0.623. The van der Waals surface area contributed by atoms with E-state index in [1.807, 2.05) is 45.0 Å².